The quantitative estimate of drug-likeness (QED) is 0.508. The van der Waals surface area contributed by atoms with E-state index in [0.29, 0.717) is 11.3 Å². The molecule has 4 rings (SSSR count). The third-order valence-corrected chi connectivity index (χ3v) is 6.32. The topological polar surface area (TPSA) is 57.7 Å². The van der Waals surface area contributed by atoms with E-state index in [-0.39, 0.29) is 11.4 Å². The van der Waals surface area contributed by atoms with Crippen LogP contribution in [-0.4, -0.2) is 45.0 Å². The maximum Gasteiger partial charge on any atom is 0.186 e. The Kier molecular flexibility index (Phi) is 6.60. The standard InChI is InChI=1S/C24H31F2N5/c1-15(2)22-17(24-28-19-9-8-18(25)21(26)23(19)30-24)14-27-20(29-22)7-5-4-6-16-10-12-31(3)13-11-16/h8-9,14-16H,4-7,10-13H2,1-3H3,(H,28,30). The Morgan fingerprint density at radius 1 is 1.13 bits per heavy atom. The lowest BCUT2D eigenvalue weighted by Crippen LogP contribution is -2.30. The van der Waals surface area contributed by atoms with Crippen molar-refractivity contribution in [2.75, 3.05) is 20.1 Å². The van der Waals surface area contributed by atoms with Gasteiger partial charge in [-0.1, -0.05) is 26.7 Å². The zero-order valence-electron chi connectivity index (χ0n) is 18.6. The SMILES string of the molecule is CC(C)c1nc(CCCCC2CCN(C)CC2)ncc1-c1nc2c(F)c(F)ccc2[nH]1. The van der Waals surface area contributed by atoms with Crippen molar-refractivity contribution < 1.29 is 8.78 Å². The Hall–Kier alpha value is -2.41. The van der Waals surface area contributed by atoms with Crippen molar-refractivity contribution in [3.8, 4) is 11.4 Å². The number of nitrogens with one attached hydrogen (secondary N) is 1. The molecule has 0 unspecified atom stereocenters. The summed E-state index contributed by atoms with van der Waals surface area (Å²) in [6, 6.07) is 2.60. The molecule has 3 aromatic rings. The molecule has 1 aliphatic heterocycles. The molecule has 166 valence electrons. The molecule has 0 bridgehead atoms. The van der Waals surface area contributed by atoms with Crippen LogP contribution in [0.2, 0.25) is 0 Å². The summed E-state index contributed by atoms with van der Waals surface area (Å²) in [5.74, 6) is 0.478. The third-order valence-electron chi connectivity index (χ3n) is 6.32. The van der Waals surface area contributed by atoms with Gasteiger partial charge in [0.15, 0.2) is 11.6 Å². The van der Waals surface area contributed by atoms with Crippen LogP contribution in [0.15, 0.2) is 18.3 Å². The number of rotatable bonds is 7. The molecule has 1 fully saturated rings. The van der Waals surface area contributed by atoms with Crippen molar-refractivity contribution in [1.82, 2.24) is 24.8 Å². The number of aryl methyl sites for hydroxylation is 1. The van der Waals surface area contributed by atoms with Crippen LogP contribution in [0.4, 0.5) is 8.78 Å². The minimum Gasteiger partial charge on any atom is -0.338 e. The highest BCUT2D eigenvalue weighted by Gasteiger charge is 2.19. The predicted octanol–water partition coefficient (Wildman–Crippen LogP) is 5.48. The Bertz CT molecular complexity index is 1040. The van der Waals surface area contributed by atoms with Crippen LogP contribution in [0.25, 0.3) is 22.4 Å². The van der Waals surface area contributed by atoms with E-state index in [0.717, 1.165) is 41.9 Å². The second kappa shape index (κ2) is 9.39. The van der Waals surface area contributed by atoms with Crippen LogP contribution in [-0.2, 0) is 6.42 Å². The minimum atomic E-state index is -0.937. The van der Waals surface area contributed by atoms with Crippen LogP contribution >= 0.6 is 0 Å². The number of imidazole rings is 1. The molecular formula is C24H31F2N5. The van der Waals surface area contributed by atoms with Crippen molar-refractivity contribution in [2.45, 2.75) is 58.3 Å². The van der Waals surface area contributed by atoms with Crippen molar-refractivity contribution in [2.24, 2.45) is 5.92 Å². The number of nitrogens with zero attached hydrogens (tertiary/aromatic N) is 4. The summed E-state index contributed by atoms with van der Waals surface area (Å²) in [5.41, 5.74) is 2.07. The molecule has 3 heterocycles. The number of hydrogen-bond donors (Lipinski definition) is 1. The number of aromatic amines is 1. The van der Waals surface area contributed by atoms with Gasteiger partial charge < -0.3 is 9.88 Å². The van der Waals surface area contributed by atoms with Crippen LogP contribution in [0.1, 0.15) is 63.4 Å². The van der Waals surface area contributed by atoms with E-state index in [2.05, 4.69) is 40.7 Å². The maximum absolute atomic E-state index is 14.1. The fourth-order valence-corrected chi connectivity index (χ4v) is 4.39. The summed E-state index contributed by atoms with van der Waals surface area (Å²) in [6.45, 7) is 6.56. The number of fused-ring (bicyclic) bond motifs is 1. The zero-order valence-corrected chi connectivity index (χ0v) is 18.6. The summed E-state index contributed by atoms with van der Waals surface area (Å²) in [5, 5.41) is 0. The Morgan fingerprint density at radius 3 is 2.65 bits per heavy atom. The third kappa shape index (κ3) is 4.92. The first-order valence-electron chi connectivity index (χ1n) is 11.3. The Labute approximate surface area is 182 Å². The van der Waals surface area contributed by atoms with E-state index in [9.17, 15) is 8.78 Å². The van der Waals surface area contributed by atoms with Gasteiger partial charge in [-0.05, 0) is 63.4 Å². The first-order chi connectivity index (χ1) is 14.9. The van der Waals surface area contributed by atoms with Gasteiger partial charge in [0.1, 0.15) is 17.2 Å². The number of hydrogen-bond acceptors (Lipinski definition) is 4. The molecule has 0 radical (unpaired) electrons. The average Bonchev–Trinajstić information content (AvgIpc) is 3.20. The number of piperidine rings is 1. The minimum absolute atomic E-state index is 0.00249. The van der Waals surface area contributed by atoms with Gasteiger partial charge in [0.25, 0.3) is 0 Å². The fourth-order valence-electron chi connectivity index (χ4n) is 4.39. The first kappa shape index (κ1) is 21.8. The monoisotopic (exact) mass is 427 g/mol. The number of benzene rings is 1. The molecule has 0 saturated carbocycles. The van der Waals surface area contributed by atoms with Crippen LogP contribution in [0.3, 0.4) is 0 Å². The molecule has 31 heavy (non-hydrogen) atoms. The lowest BCUT2D eigenvalue weighted by Gasteiger charge is -2.28. The number of H-pyrrole nitrogens is 1. The largest absolute Gasteiger partial charge is 0.338 e. The zero-order chi connectivity index (χ0) is 22.0. The van der Waals surface area contributed by atoms with Crippen molar-refractivity contribution in [3.63, 3.8) is 0 Å². The first-order valence-corrected chi connectivity index (χ1v) is 11.3. The summed E-state index contributed by atoms with van der Waals surface area (Å²) in [4.78, 5) is 19.2. The lowest BCUT2D eigenvalue weighted by atomic mass is 9.91. The number of likely N-dealkylation sites (tertiary alicyclic amines) is 1. The highest BCUT2D eigenvalue weighted by Crippen LogP contribution is 2.29. The molecule has 2 aromatic heterocycles. The molecule has 1 aromatic carbocycles. The Morgan fingerprint density at radius 2 is 1.90 bits per heavy atom. The van der Waals surface area contributed by atoms with Gasteiger partial charge in [-0.2, -0.15) is 0 Å². The Balaban J connectivity index is 1.45. The van der Waals surface area contributed by atoms with Gasteiger partial charge >= 0.3 is 0 Å². The molecule has 1 aliphatic rings. The maximum atomic E-state index is 14.1. The summed E-state index contributed by atoms with van der Waals surface area (Å²) in [6.07, 6.45) is 8.79. The van der Waals surface area contributed by atoms with E-state index < -0.39 is 11.6 Å². The van der Waals surface area contributed by atoms with E-state index in [1.807, 2.05) is 0 Å². The van der Waals surface area contributed by atoms with Crippen LogP contribution < -0.4 is 0 Å². The molecule has 1 N–H and O–H groups in total. The summed E-state index contributed by atoms with van der Waals surface area (Å²) >= 11 is 0. The van der Waals surface area contributed by atoms with Crippen molar-refractivity contribution in [1.29, 1.82) is 0 Å². The molecule has 0 aliphatic carbocycles. The second-order valence-corrected chi connectivity index (χ2v) is 9.08. The van der Waals surface area contributed by atoms with E-state index in [4.69, 9.17) is 4.98 Å². The molecule has 0 amide bonds. The number of unbranched alkanes of at least 4 members (excludes halogenated alkanes) is 1. The molecule has 5 nitrogen and oxygen atoms in total. The van der Waals surface area contributed by atoms with E-state index >= 15 is 0 Å². The van der Waals surface area contributed by atoms with Crippen LogP contribution in [0, 0.1) is 17.6 Å². The van der Waals surface area contributed by atoms with E-state index in [1.165, 1.54) is 44.8 Å². The molecule has 1 saturated heterocycles. The number of aromatic nitrogens is 4. The molecule has 7 heteroatoms. The van der Waals surface area contributed by atoms with Crippen molar-refractivity contribution >= 4 is 11.0 Å². The molecular weight excluding hydrogens is 396 g/mol. The highest BCUT2D eigenvalue weighted by molar-refractivity contribution is 5.80. The van der Waals surface area contributed by atoms with Gasteiger partial charge in [-0.25, -0.2) is 23.7 Å². The lowest BCUT2D eigenvalue weighted by molar-refractivity contribution is 0.209. The van der Waals surface area contributed by atoms with Crippen LogP contribution in [0.5, 0.6) is 0 Å². The van der Waals surface area contributed by atoms with E-state index in [1.54, 1.807) is 6.20 Å². The summed E-state index contributed by atoms with van der Waals surface area (Å²) < 4.78 is 27.6. The average molecular weight is 428 g/mol. The van der Waals surface area contributed by atoms with Gasteiger partial charge in [0.05, 0.1) is 16.8 Å². The molecule has 0 spiro atoms. The van der Waals surface area contributed by atoms with Gasteiger partial charge in [0.2, 0.25) is 0 Å². The molecule has 0 atom stereocenters. The number of halogens is 2. The van der Waals surface area contributed by atoms with Gasteiger partial charge in [-0.15, -0.1) is 0 Å². The highest BCUT2D eigenvalue weighted by atomic mass is 19.2. The van der Waals surface area contributed by atoms with Gasteiger partial charge in [0, 0.05) is 12.6 Å². The van der Waals surface area contributed by atoms with Gasteiger partial charge in [-0.3, -0.25) is 0 Å². The normalized spacial score (nSPS) is 15.9. The predicted molar refractivity (Wildman–Crippen MR) is 119 cm³/mol. The van der Waals surface area contributed by atoms with Crippen molar-refractivity contribution in [3.05, 3.63) is 41.5 Å². The second-order valence-electron chi connectivity index (χ2n) is 9.08. The summed E-state index contributed by atoms with van der Waals surface area (Å²) in [7, 11) is 2.20. The fraction of sp³-hybridized carbons (Fsp3) is 0.542. The smallest absolute Gasteiger partial charge is 0.186 e.